The maximum atomic E-state index is 12.9. The number of carbonyl (C=O) groups excluding carboxylic acids is 1. The van der Waals surface area contributed by atoms with Gasteiger partial charge in [-0.25, -0.2) is 8.42 Å². The Morgan fingerprint density at radius 2 is 1.80 bits per heavy atom. The number of benzene rings is 3. The predicted molar refractivity (Wildman–Crippen MR) is 114 cm³/mol. The third kappa shape index (κ3) is 3.92. The van der Waals surface area contributed by atoms with E-state index in [1.165, 1.54) is 6.07 Å². The number of rotatable bonds is 0. The first kappa shape index (κ1) is 20.1. The van der Waals surface area contributed by atoms with Crippen molar-refractivity contribution >= 4 is 33.2 Å². The number of carbonyl (C=O) groups is 1. The van der Waals surface area contributed by atoms with Gasteiger partial charge >= 0.3 is 0 Å². The summed E-state index contributed by atoms with van der Waals surface area (Å²) >= 11 is 5.98. The number of anilines is 1. The third-order valence-electron chi connectivity index (χ3n) is 4.54. The van der Waals surface area contributed by atoms with Gasteiger partial charge in [0, 0.05) is 16.8 Å². The monoisotopic (exact) mass is 444 g/mol. The molecule has 4 rings (SSSR count). The quantitative estimate of drug-likeness (QED) is 0.491. The van der Waals surface area contributed by atoms with Crippen molar-refractivity contribution in [3.05, 3.63) is 71.2 Å². The Labute approximate surface area is 178 Å². The number of hydrogen-bond acceptors (Lipinski definition) is 5. The van der Waals surface area contributed by atoms with Gasteiger partial charge in [0.25, 0.3) is 15.9 Å². The van der Waals surface area contributed by atoms with Crippen LogP contribution in [0, 0.1) is 0 Å². The highest BCUT2D eigenvalue weighted by Crippen LogP contribution is 2.35. The molecule has 30 heavy (non-hydrogen) atoms. The van der Waals surface area contributed by atoms with E-state index < -0.39 is 26.6 Å². The van der Waals surface area contributed by atoms with Crippen molar-refractivity contribution in [3.8, 4) is 22.6 Å². The minimum Gasteiger partial charge on any atom is -0.505 e. The molecule has 154 valence electrons. The average Bonchev–Trinajstić information content (AvgIpc) is 2.72. The Kier molecular flexibility index (Phi) is 5.27. The second-order valence-corrected chi connectivity index (χ2v) is 8.65. The summed E-state index contributed by atoms with van der Waals surface area (Å²) in [4.78, 5) is 12.0. The lowest BCUT2D eigenvalue weighted by Crippen LogP contribution is -2.28. The molecule has 0 spiro atoms. The molecule has 1 heterocycles. The number of ether oxygens (including phenoxy) is 1. The summed E-state index contributed by atoms with van der Waals surface area (Å²) in [6, 6.07) is 16.4. The Balaban J connectivity index is 1.87. The van der Waals surface area contributed by atoms with Crippen LogP contribution in [-0.2, 0) is 10.0 Å². The van der Waals surface area contributed by atoms with Crippen molar-refractivity contribution in [1.82, 2.24) is 5.32 Å². The highest BCUT2D eigenvalue weighted by Gasteiger charge is 2.24. The van der Waals surface area contributed by atoms with E-state index in [-0.39, 0.29) is 29.4 Å². The third-order valence-corrected chi connectivity index (χ3v) is 6.22. The lowest BCUT2D eigenvalue weighted by Gasteiger charge is -2.13. The summed E-state index contributed by atoms with van der Waals surface area (Å²) in [6.45, 7) is 0.393. The van der Waals surface area contributed by atoms with Gasteiger partial charge < -0.3 is 15.2 Å². The van der Waals surface area contributed by atoms with Crippen LogP contribution in [0.5, 0.6) is 11.5 Å². The number of nitrogens with one attached hydrogen (secondary N) is 2. The number of aromatic hydroxyl groups is 1. The predicted octanol–water partition coefficient (Wildman–Crippen LogP) is 3.64. The molecule has 0 atom stereocenters. The van der Waals surface area contributed by atoms with Crippen LogP contribution in [-0.4, -0.2) is 32.6 Å². The highest BCUT2D eigenvalue weighted by atomic mass is 35.5. The zero-order valence-electron chi connectivity index (χ0n) is 15.6. The molecule has 3 aromatic carbocycles. The van der Waals surface area contributed by atoms with Gasteiger partial charge in [0.05, 0.1) is 11.6 Å². The summed E-state index contributed by atoms with van der Waals surface area (Å²) < 4.78 is 34.2. The molecular formula is C21H17ClN2O5S. The molecular weight excluding hydrogens is 428 g/mol. The van der Waals surface area contributed by atoms with E-state index in [0.29, 0.717) is 5.75 Å². The molecule has 0 aliphatic carbocycles. The van der Waals surface area contributed by atoms with Crippen LogP contribution in [0.25, 0.3) is 11.1 Å². The average molecular weight is 445 g/mol. The standard InChI is InChI=1S/C21H17ClN2O5S/c22-17-11-14-12-19(20(17)25)30(27,28)24-15-5-3-4-13(10-15)16-6-1-2-7-18(16)29-9-8-23-21(14)26/h1-7,10-12,24-25H,8-9H2,(H,23,26). The molecule has 0 saturated carbocycles. The maximum absolute atomic E-state index is 12.9. The first-order valence-corrected chi connectivity index (χ1v) is 10.9. The van der Waals surface area contributed by atoms with E-state index >= 15 is 0 Å². The Morgan fingerprint density at radius 1 is 1.00 bits per heavy atom. The molecule has 0 saturated heterocycles. The topological polar surface area (TPSA) is 105 Å². The van der Waals surface area contributed by atoms with Crippen molar-refractivity contribution in [1.29, 1.82) is 0 Å². The molecule has 9 heteroatoms. The summed E-state index contributed by atoms with van der Waals surface area (Å²) in [5.41, 5.74) is 1.79. The fraction of sp³-hybridized carbons (Fsp3) is 0.0952. The van der Waals surface area contributed by atoms with Crippen molar-refractivity contribution < 1.29 is 23.1 Å². The number of amides is 1. The summed E-state index contributed by atoms with van der Waals surface area (Å²) in [5.74, 6) is -0.571. The minimum atomic E-state index is -4.23. The fourth-order valence-corrected chi connectivity index (χ4v) is 4.60. The largest absolute Gasteiger partial charge is 0.505 e. The second kappa shape index (κ2) is 7.89. The van der Waals surface area contributed by atoms with Gasteiger partial charge in [-0.05, 0) is 35.9 Å². The van der Waals surface area contributed by atoms with Gasteiger partial charge in [-0.3, -0.25) is 9.52 Å². The first-order chi connectivity index (χ1) is 14.3. The van der Waals surface area contributed by atoms with Gasteiger partial charge in [-0.2, -0.15) is 0 Å². The molecule has 0 radical (unpaired) electrons. The molecule has 1 amide bonds. The lowest BCUT2D eigenvalue weighted by molar-refractivity contribution is 0.0947. The molecule has 0 unspecified atom stereocenters. The van der Waals surface area contributed by atoms with Gasteiger partial charge in [0.1, 0.15) is 17.3 Å². The van der Waals surface area contributed by atoms with Crippen LogP contribution < -0.4 is 14.8 Å². The Morgan fingerprint density at radius 3 is 2.63 bits per heavy atom. The summed E-state index contributed by atoms with van der Waals surface area (Å²) in [6.07, 6.45) is 0. The summed E-state index contributed by atoms with van der Waals surface area (Å²) in [5, 5.41) is 12.6. The zero-order valence-corrected chi connectivity index (χ0v) is 17.1. The van der Waals surface area contributed by atoms with Gasteiger partial charge in [-0.1, -0.05) is 41.9 Å². The van der Waals surface area contributed by atoms with Crippen LogP contribution in [0.4, 0.5) is 5.69 Å². The van der Waals surface area contributed by atoms with Gasteiger partial charge in [0.2, 0.25) is 0 Å². The summed E-state index contributed by atoms with van der Waals surface area (Å²) in [7, 11) is -4.23. The van der Waals surface area contributed by atoms with Crippen LogP contribution in [0.15, 0.2) is 65.6 Å². The SMILES string of the molecule is O=C1NCCOc2ccccc2-c2cccc(c2)NS(=O)(=O)c2cc1cc(Cl)c2O. The van der Waals surface area contributed by atoms with E-state index in [4.69, 9.17) is 16.3 Å². The molecule has 7 nitrogen and oxygen atoms in total. The second-order valence-electron chi connectivity index (χ2n) is 6.59. The van der Waals surface area contributed by atoms with E-state index in [1.54, 1.807) is 24.3 Å². The minimum absolute atomic E-state index is 0.00203. The van der Waals surface area contributed by atoms with Crippen molar-refractivity contribution in [3.63, 3.8) is 0 Å². The Bertz CT molecular complexity index is 1240. The van der Waals surface area contributed by atoms with Gasteiger partial charge in [-0.15, -0.1) is 0 Å². The number of sulfonamides is 1. The number of halogens is 1. The van der Waals surface area contributed by atoms with Crippen LogP contribution in [0.3, 0.4) is 0 Å². The van der Waals surface area contributed by atoms with Crippen molar-refractivity contribution in [2.24, 2.45) is 0 Å². The zero-order chi connectivity index (χ0) is 21.3. The number of fused-ring (bicyclic) bond motifs is 6. The normalized spacial score (nSPS) is 15.4. The molecule has 1 aliphatic rings. The Hall–Kier alpha value is -3.23. The number of phenols is 1. The maximum Gasteiger partial charge on any atom is 0.265 e. The van der Waals surface area contributed by atoms with Crippen LogP contribution >= 0.6 is 11.6 Å². The molecule has 3 aromatic rings. The van der Waals surface area contributed by atoms with E-state index in [0.717, 1.165) is 17.2 Å². The highest BCUT2D eigenvalue weighted by molar-refractivity contribution is 7.92. The molecule has 0 fully saturated rings. The first-order valence-electron chi connectivity index (χ1n) is 9.01. The lowest BCUT2D eigenvalue weighted by atomic mass is 10.0. The fourth-order valence-electron chi connectivity index (χ4n) is 3.13. The van der Waals surface area contributed by atoms with Crippen LogP contribution in [0.1, 0.15) is 10.4 Å². The number of para-hydroxylation sites is 1. The van der Waals surface area contributed by atoms with Gasteiger partial charge in [0.15, 0.2) is 5.75 Å². The smallest absolute Gasteiger partial charge is 0.265 e. The van der Waals surface area contributed by atoms with E-state index in [9.17, 15) is 18.3 Å². The molecule has 3 N–H and O–H groups in total. The number of phenolic OH excluding ortho intramolecular Hbond substituents is 1. The number of hydrogen-bond donors (Lipinski definition) is 3. The van der Waals surface area contributed by atoms with Crippen molar-refractivity contribution in [2.45, 2.75) is 4.90 Å². The molecule has 1 aliphatic heterocycles. The molecule has 0 aromatic heterocycles. The van der Waals surface area contributed by atoms with E-state index in [2.05, 4.69) is 10.0 Å². The van der Waals surface area contributed by atoms with Crippen molar-refractivity contribution in [2.75, 3.05) is 17.9 Å². The van der Waals surface area contributed by atoms with Crippen LogP contribution in [0.2, 0.25) is 5.02 Å². The molecule has 4 bridgehead atoms. The van der Waals surface area contributed by atoms with E-state index in [1.807, 2.05) is 24.3 Å².